The van der Waals surface area contributed by atoms with Crippen molar-refractivity contribution in [3.8, 4) is 5.75 Å². The lowest BCUT2D eigenvalue weighted by Crippen LogP contribution is -2.29. The largest absolute Gasteiger partial charge is 0.507 e. The van der Waals surface area contributed by atoms with Gasteiger partial charge in [-0.05, 0) is 59.0 Å². The van der Waals surface area contributed by atoms with Crippen LogP contribution in [0.25, 0.3) is 16.5 Å². The molecule has 5 nitrogen and oxygen atoms in total. The molecule has 1 unspecified atom stereocenters. The van der Waals surface area contributed by atoms with E-state index < -0.39 is 17.7 Å². The van der Waals surface area contributed by atoms with Crippen LogP contribution in [0.2, 0.25) is 5.02 Å². The topological polar surface area (TPSA) is 66.8 Å². The summed E-state index contributed by atoms with van der Waals surface area (Å²) in [6, 6.07) is 19.3. The number of rotatable bonds is 4. The summed E-state index contributed by atoms with van der Waals surface area (Å²) >= 11 is 7.77. The molecule has 0 bridgehead atoms. The quantitative estimate of drug-likeness (QED) is 0.202. The molecule has 7 heteroatoms. The first-order chi connectivity index (χ1) is 16.4. The predicted molar refractivity (Wildman–Crippen MR) is 136 cm³/mol. The molecule has 170 valence electrons. The van der Waals surface area contributed by atoms with Crippen LogP contribution >= 0.6 is 22.9 Å². The van der Waals surface area contributed by atoms with Crippen LogP contribution in [0.1, 0.15) is 22.0 Å². The maximum absolute atomic E-state index is 13.3. The Morgan fingerprint density at radius 1 is 1.03 bits per heavy atom. The lowest BCUT2D eigenvalue weighted by Gasteiger charge is -2.25. The van der Waals surface area contributed by atoms with Crippen molar-refractivity contribution < 1.29 is 19.4 Å². The van der Waals surface area contributed by atoms with Crippen molar-refractivity contribution in [2.45, 2.75) is 13.0 Å². The fourth-order valence-corrected chi connectivity index (χ4v) is 5.59. The Kier molecular flexibility index (Phi) is 5.63. The maximum Gasteiger partial charge on any atom is 0.300 e. The third kappa shape index (κ3) is 3.56. The number of nitrogens with zero attached hydrogens (tertiary/aromatic N) is 1. The van der Waals surface area contributed by atoms with E-state index >= 15 is 0 Å². The van der Waals surface area contributed by atoms with E-state index in [1.165, 1.54) is 23.3 Å². The minimum absolute atomic E-state index is 0.0535. The zero-order valence-electron chi connectivity index (χ0n) is 18.4. The average molecular weight is 490 g/mol. The lowest BCUT2D eigenvalue weighted by atomic mass is 9.97. The number of aryl methyl sites for hydroxylation is 1. The molecule has 1 amide bonds. The molecule has 1 aliphatic rings. The summed E-state index contributed by atoms with van der Waals surface area (Å²) < 4.78 is 5.23. The zero-order valence-corrected chi connectivity index (χ0v) is 20.0. The van der Waals surface area contributed by atoms with Gasteiger partial charge in [0.2, 0.25) is 0 Å². The molecule has 0 radical (unpaired) electrons. The standard InChI is InChI=1S/C27H20ClNO4S/c1-15-11-12-34-26(15)23-22(24(30)18-8-7-16-5-3-4-6-17(16)13-18)25(31)27(32)29(23)19-9-10-21(33-2)20(28)14-19/h3-14,23,30H,1-2H3/b24-22-. The maximum atomic E-state index is 13.3. The van der Waals surface area contributed by atoms with Crippen molar-refractivity contribution in [2.24, 2.45) is 0 Å². The minimum Gasteiger partial charge on any atom is -0.507 e. The average Bonchev–Trinajstić information content (AvgIpc) is 3.38. The number of hydrogen-bond acceptors (Lipinski definition) is 5. The third-order valence-corrected chi connectivity index (χ3v) is 7.40. The normalized spacial score (nSPS) is 17.5. The molecule has 0 spiro atoms. The molecule has 1 aliphatic heterocycles. The van der Waals surface area contributed by atoms with Crippen LogP contribution in [0.4, 0.5) is 5.69 Å². The van der Waals surface area contributed by atoms with Gasteiger partial charge < -0.3 is 9.84 Å². The first kappa shape index (κ1) is 22.2. The Morgan fingerprint density at radius 2 is 1.79 bits per heavy atom. The lowest BCUT2D eigenvalue weighted by molar-refractivity contribution is -0.132. The Labute approximate surface area is 205 Å². The Hall–Kier alpha value is -3.61. The molecule has 1 N–H and O–H groups in total. The van der Waals surface area contributed by atoms with Crippen molar-refractivity contribution >= 4 is 56.8 Å². The van der Waals surface area contributed by atoms with E-state index in [2.05, 4.69) is 0 Å². The van der Waals surface area contributed by atoms with Gasteiger partial charge in [-0.1, -0.05) is 48.0 Å². The van der Waals surface area contributed by atoms with Gasteiger partial charge in [-0.25, -0.2) is 0 Å². The molecule has 0 saturated carbocycles. The SMILES string of the molecule is COc1ccc(N2C(=O)C(=O)/C(=C(\O)c3ccc4ccccc4c3)C2c2sccc2C)cc1Cl. The molecule has 1 atom stereocenters. The number of hydrogen-bond donors (Lipinski definition) is 1. The highest BCUT2D eigenvalue weighted by molar-refractivity contribution is 7.10. The van der Waals surface area contributed by atoms with Crippen LogP contribution in [0.5, 0.6) is 5.75 Å². The summed E-state index contributed by atoms with van der Waals surface area (Å²) in [6.45, 7) is 1.92. The van der Waals surface area contributed by atoms with Crippen molar-refractivity contribution in [1.29, 1.82) is 0 Å². The van der Waals surface area contributed by atoms with E-state index in [1.807, 2.05) is 54.8 Å². The fourth-order valence-electron chi connectivity index (χ4n) is 4.31. The van der Waals surface area contributed by atoms with Gasteiger partial charge >= 0.3 is 0 Å². The summed E-state index contributed by atoms with van der Waals surface area (Å²) in [4.78, 5) is 28.8. The number of aliphatic hydroxyl groups is 1. The van der Waals surface area contributed by atoms with E-state index in [0.29, 0.717) is 22.0 Å². The fraction of sp³-hybridized carbons (Fsp3) is 0.111. The molecule has 34 heavy (non-hydrogen) atoms. The second kappa shape index (κ2) is 8.63. The van der Waals surface area contributed by atoms with Crippen LogP contribution in [0, 0.1) is 6.92 Å². The monoisotopic (exact) mass is 489 g/mol. The zero-order chi connectivity index (χ0) is 24.0. The van der Waals surface area contributed by atoms with Gasteiger partial charge in [0.1, 0.15) is 17.6 Å². The number of ketones is 1. The van der Waals surface area contributed by atoms with Crippen molar-refractivity contribution in [3.05, 3.63) is 98.7 Å². The van der Waals surface area contributed by atoms with E-state index in [0.717, 1.165) is 21.2 Å². The number of anilines is 1. The summed E-state index contributed by atoms with van der Waals surface area (Å²) in [7, 11) is 1.51. The number of ether oxygens (including phenoxy) is 1. The first-order valence-corrected chi connectivity index (χ1v) is 11.8. The second-order valence-electron chi connectivity index (χ2n) is 8.02. The molecular weight excluding hydrogens is 470 g/mol. The Morgan fingerprint density at radius 3 is 2.47 bits per heavy atom. The van der Waals surface area contributed by atoms with Crippen molar-refractivity contribution in [2.75, 3.05) is 12.0 Å². The van der Waals surface area contributed by atoms with Crippen LogP contribution < -0.4 is 9.64 Å². The Balaban J connectivity index is 1.72. The molecule has 1 saturated heterocycles. The van der Waals surface area contributed by atoms with Gasteiger partial charge in [-0.2, -0.15) is 0 Å². The van der Waals surface area contributed by atoms with Gasteiger partial charge in [-0.3, -0.25) is 14.5 Å². The summed E-state index contributed by atoms with van der Waals surface area (Å²) in [6.07, 6.45) is 0. The highest BCUT2D eigenvalue weighted by Crippen LogP contribution is 2.46. The number of fused-ring (bicyclic) bond motifs is 1. The van der Waals surface area contributed by atoms with Gasteiger partial charge in [-0.15, -0.1) is 11.3 Å². The number of methoxy groups -OCH3 is 1. The van der Waals surface area contributed by atoms with Gasteiger partial charge in [0.05, 0.1) is 17.7 Å². The highest BCUT2D eigenvalue weighted by atomic mass is 35.5. The number of thiophene rings is 1. The first-order valence-electron chi connectivity index (χ1n) is 10.6. The molecule has 1 fully saturated rings. The molecular formula is C27H20ClNO4S. The number of carbonyl (C=O) groups is 2. The molecule has 3 aromatic carbocycles. The number of Topliss-reactive ketones (excluding diaryl/α,β-unsaturated/α-hetero) is 1. The van der Waals surface area contributed by atoms with Gasteiger partial charge in [0.15, 0.2) is 0 Å². The van der Waals surface area contributed by atoms with E-state index in [4.69, 9.17) is 16.3 Å². The van der Waals surface area contributed by atoms with E-state index in [9.17, 15) is 14.7 Å². The summed E-state index contributed by atoms with van der Waals surface area (Å²) in [5.41, 5.74) is 1.90. The minimum atomic E-state index is -0.782. The number of benzene rings is 3. The predicted octanol–water partition coefficient (Wildman–Crippen LogP) is 6.50. The van der Waals surface area contributed by atoms with Crippen molar-refractivity contribution in [3.63, 3.8) is 0 Å². The Bertz CT molecular complexity index is 1490. The molecule has 1 aromatic heterocycles. The molecule has 5 rings (SSSR count). The number of halogens is 1. The number of carbonyl (C=O) groups excluding carboxylic acids is 2. The summed E-state index contributed by atoms with van der Waals surface area (Å²) in [5, 5.41) is 15.5. The summed E-state index contributed by atoms with van der Waals surface area (Å²) in [5.74, 6) is -1.21. The van der Waals surface area contributed by atoms with Crippen LogP contribution in [0.15, 0.2) is 77.7 Å². The van der Waals surface area contributed by atoms with Crippen LogP contribution in [-0.4, -0.2) is 23.9 Å². The smallest absolute Gasteiger partial charge is 0.300 e. The van der Waals surface area contributed by atoms with Crippen LogP contribution in [-0.2, 0) is 9.59 Å². The van der Waals surface area contributed by atoms with Crippen LogP contribution in [0.3, 0.4) is 0 Å². The van der Waals surface area contributed by atoms with E-state index in [1.54, 1.807) is 24.3 Å². The number of aliphatic hydroxyl groups excluding tert-OH is 1. The van der Waals surface area contributed by atoms with E-state index in [-0.39, 0.29) is 11.3 Å². The third-order valence-electron chi connectivity index (χ3n) is 6.03. The van der Waals surface area contributed by atoms with Gasteiger partial charge in [0.25, 0.3) is 11.7 Å². The number of amides is 1. The molecule has 4 aromatic rings. The van der Waals surface area contributed by atoms with Gasteiger partial charge in [0, 0.05) is 16.1 Å². The highest BCUT2D eigenvalue weighted by Gasteiger charge is 2.48. The second-order valence-corrected chi connectivity index (χ2v) is 9.37. The van der Waals surface area contributed by atoms with Crippen molar-refractivity contribution in [1.82, 2.24) is 0 Å². The molecule has 2 heterocycles. The molecule has 0 aliphatic carbocycles.